The van der Waals surface area contributed by atoms with Gasteiger partial charge in [0.05, 0.1) is 6.20 Å². The third kappa shape index (κ3) is 5.68. The number of anilines is 1. The summed E-state index contributed by atoms with van der Waals surface area (Å²) in [4.78, 5) is 45.3. The summed E-state index contributed by atoms with van der Waals surface area (Å²) in [5, 5.41) is 2.76. The molecular formula is C26H19N3O5. The number of ketones is 1. The predicted molar refractivity (Wildman–Crippen MR) is 124 cm³/mol. The van der Waals surface area contributed by atoms with Gasteiger partial charge in [-0.25, -0.2) is 9.78 Å². The van der Waals surface area contributed by atoms with Crippen LogP contribution in [0.4, 0.5) is 5.69 Å². The van der Waals surface area contributed by atoms with Crippen molar-refractivity contribution in [3.05, 3.63) is 114 Å². The molecule has 0 bridgehead atoms. The molecule has 8 nitrogen and oxygen atoms in total. The second-order valence-electron chi connectivity index (χ2n) is 7.04. The van der Waals surface area contributed by atoms with Crippen LogP contribution in [-0.4, -0.2) is 34.2 Å². The molecule has 0 atom stereocenters. The number of nitrogens with one attached hydrogen (secondary N) is 1. The Bertz CT molecular complexity index is 1290. The highest BCUT2D eigenvalue weighted by Crippen LogP contribution is 2.22. The lowest BCUT2D eigenvalue weighted by atomic mass is 10.1. The van der Waals surface area contributed by atoms with E-state index in [1.165, 1.54) is 18.5 Å². The van der Waals surface area contributed by atoms with Crippen molar-refractivity contribution < 1.29 is 23.9 Å². The van der Waals surface area contributed by atoms with Crippen LogP contribution in [0.25, 0.3) is 0 Å². The van der Waals surface area contributed by atoms with Crippen LogP contribution in [-0.2, 0) is 4.74 Å². The van der Waals surface area contributed by atoms with Crippen molar-refractivity contribution in [2.75, 3.05) is 11.9 Å². The summed E-state index contributed by atoms with van der Waals surface area (Å²) in [6.07, 6.45) is 4.56. The Labute approximate surface area is 195 Å². The van der Waals surface area contributed by atoms with Gasteiger partial charge in [-0.05, 0) is 60.7 Å². The third-order valence-electron chi connectivity index (χ3n) is 4.68. The lowest BCUT2D eigenvalue weighted by Crippen LogP contribution is -2.15. The fourth-order valence-corrected chi connectivity index (χ4v) is 2.97. The molecule has 4 rings (SSSR count). The van der Waals surface area contributed by atoms with Gasteiger partial charge < -0.3 is 14.8 Å². The number of amides is 1. The minimum atomic E-state index is -0.743. The molecule has 4 aromatic rings. The van der Waals surface area contributed by atoms with Gasteiger partial charge in [0.2, 0.25) is 5.88 Å². The molecule has 0 radical (unpaired) electrons. The van der Waals surface area contributed by atoms with Gasteiger partial charge in [-0.2, -0.15) is 0 Å². The molecule has 168 valence electrons. The largest absolute Gasteiger partial charge is 0.454 e. The number of esters is 1. The topological polar surface area (TPSA) is 107 Å². The molecule has 2 aromatic heterocycles. The number of benzene rings is 2. The van der Waals surface area contributed by atoms with E-state index in [4.69, 9.17) is 9.47 Å². The Morgan fingerprint density at radius 1 is 0.794 bits per heavy atom. The Kier molecular flexibility index (Phi) is 7.00. The smallest absolute Gasteiger partial charge is 0.344 e. The summed E-state index contributed by atoms with van der Waals surface area (Å²) in [6, 6.07) is 21.5. The van der Waals surface area contributed by atoms with Gasteiger partial charge in [0.1, 0.15) is 11.3 Å². The molecule has 0 saturated heterocycles. The maximum Gasteiger partial charge on any atom is 0.344 e. The van der Waals surface area contributed by atoms with E-state index in [0.717, 1.165) is 0 Å². The Morgan fingerprint density at radius 2 is 1.56 bits per heavy atom. The number of aromatic nitrogens is 2. The van der Waals surface area contributed by atoms with Gasteiger partial charge >= 0.3 is 5.97 Å². The molecule has 0 aliphatic heterocycles. The average molecular weight is 453 g/mol. The van der Waals surface area contributed by atoms with Gasteiger partial charge in [0.15, 0.2) is 12.4 Å². The van der Waals surface area contributed by atoms with Crippen molar-refractivity contribution in [1.82, 2.24) is 9.97 Å². The van der Waals surface area contributed by atoms with E-state index in [9.17, 15) is 14.4 Å². The lowest BCUT2D eigenvalue weighted by Gasteiger charge is -2.10. The first-order chi connectivity index (χ1) is 16.6. The van der Waals surface area contributed by atoms with Gasteiger partial charge in [-0.15, -0.1) is 0 Å². The number of ether oxygens (including phenoxy) is 2. The van der Waals surface area contributed by atoms with Crippen molar-refractivity contribution in [2.24, 2.45) is 0 Å². The molecule has 1 amide bonds. The number of rotatable bonds is 8. The molecule has 0 unspecified atom stereocenters. The van der Waals surface area contributed by atoms with Crippen LogP contribution in [0.5, 0.6) is 11.6 Å². The number of hydrogen-bond acceptors (Lipinski definition) is 7. The zero-order valence-corrected chi connectivity index (χ0v) is 17.9. The van der Waals surface area contributed by atoms with Gasteiger partial charge in [-0.3, -0.25) is 14.6 Å². The summed E-state index contributed by atoms with van der Waals surface area (Å²) in [5.74, 6) is -0.938. The summed E-state index contributed by atoms with van der Waals surface area (Å²) in [7, 11) is 0. The van der Waals surface area contributed by atoms with Crippen molar-refractivity contribution in [3.63, 3.8) is 0 Å². The number of carbonyl (C=O) groups excluding carboxylic acids is 3. The molecular weight excluding hydrogens is 434 g/mol. The van der Waals surface area contributed by atoms with Crippen LogP contribution in [0, 0.1) is 0 Å². The number of nitrogens with zero attached hydrogens (tertiary/aromatic N) is 2. The van der Waals surface area contributed by atoms with E-state index in [1.807, 2.05) is 6.07 Å². The SMILES string of the molecule is O=C(COC(=O)c1cccnc1Oc1cccnc1)c1ccc(NC(=O)c2ccccc2)cc1. The van der Waals surface area contributed by atoms with E-state index < -0.39 is 18.4 Å². The average Bonchev–Trinajstić information content (AvgIpc) is 2.89. The van der Waals surface area contributed by atoms with Crippen LogP contribution in [0.15, 0.2) is 97.5 Å². The van der Waals surface area contributed by atoms with Crippen LogP contribution >= 0.6 is 0 Å². The van der Waals surface area contributed by atoms with Gasteiger partial charge in [0.25, 0.3) is 5.91 Å². The monoisotopic (exact) mass is 453 g/mol. The molecule has 2 aromatic carbocycles. The van der Waals surface area contributed by atoms with Crippen LogP contribution in [0.1, 0.15) is 31.1 Å². The Morgan fingerprint density at radius 3 is 2.29 bits per heavy atom. The highest BCUT2D eigenvalue weighted by Gasteiger charge is 2.18. The molecule has 8 heteroatoms. The fraction of sp³-hybridized carbons (Fsp3) is 0.0385. The van der Waals surface area contributed by atoms with Crippen molar-refractivity contribution >= 4 is 23.3 Å². The van der Waals surface area contributed by atoms with Gasteiger partial charge in [-0.1, -0.05) is 18.2 Å². The van der Waals surface area contributed by atoms with Gasteiger partial charge in [0, 0.05) is 29.2 Å². The first-order valence-corrected chi connectivity index (χ1v) is 10.3. The van der Waals surface area contributed by atoms with E-state index in [2.05, 4.69) is 15.3 Å². The quantitative estimate of drug-likeness (QED) is 0.308. The minimum absolute atomic E-state index is 0.0476. The standard InChI is InChI=1S/C26H19N3O5/c30-23(18-10-12-20(13-11-18)29-24(31)19-6-2-1-3-7-19)17-33-26(32)22-9-5-15-28-25(22)34-21-8-4-14-27-16-21/h1-16H,17H2,(H,29,31). The second-order valence-corrected chi connectivity index (χ2v) is 7.04. The first-order valence-electron chi connectivity index (χ1n) is 10.3. The summed E-state index contributed by atoms with van der Waals surface area (Å²) in [5.41, 5.74) is 1.48. The predicted octanol–water partition coefficient (Wildman–Crippen LogP) is 4.56. The van der Waals surface area contributed by atoms with E-state index in [0.29, 0.717) is 22.6 Å². The number of carbonyl (C=O) groups is 3. The van der Waals surface area contributed by atoms with Crippen LogP contribution < -0.4 is 10.1 Å². The number of pyridine rings is 2. The Hall–Kier alpha value is -4.85. The molecule has 34 heavy (non-hydrogen) atoms. The molecule has 0 aliphatic rings. The highest BCUT2D eigenvalue weighted by molar-refractivity contribution is 6.05. The van der Waals surface area contributed by atoms with E-state index in [1.54, 1.807) is 72.9 Å². The van der Waals surface area contributed by atoms with Crippen LogP contribution in [0.3, 0.4) is 0 Å². The number of hydrogen-bond donors (Lipinski definition) is 1. The zero-order valence-electron chi connectivity index (χ0n) is 17.9. The molecule has 0 saturated carbocycles. The van der Waals surface area contributed by atoms with E-state index in [-0.39, 0.29) is 17.4 Å². The maximum absolute atomic E-state index is 12.5. The molecule has 0 aliphatic carbocycles. The molecule has 0 fully saturated rings. The highest BCUT2D eigenvalue weighted by atomic mass is 16.5. The maximum atomic E-state index is 12.5. The molecule has 1 N–H and O–H groups in total. The van der Waals surface area contributed by atoms with Crippen molar-refractivity contribution in [3.8, 4) is 11.6 Å². The molecule has 2 heterocycles. The fourth-order valence-electron chi connectivity index (χ4n) is 2.97. The Balaban J connectivity index is 1.35. The van der Waals surface area contributed by atoms with Crippen LogP contribution in [0.2, 0.25) is 0 Å². The first kappa shape index (κ1) is 22.3. The normalized spacial score (nSPS) is 10.2. The number of Topliss-reactive ketones (excluding diaryl/α,β-unsaturated/α-hetero) is 1. The second kappa shape index (κ2) is 10.6. The molecule has 0 spiro atoms. The third-order valence-corrected chi connectivity index (χ3v) is 4.68. The minimum Gasteiger partial charge on any atom is -0.454 e. The summed E-state index contributed by atoms with van der Waals surface area (Å²) < 4.78 is 10.8. The zero-order chi connectivity index (χ0) is 23.8. The summed E-state index contributed by atoms with van der Waals surface area (Å²) >= 11 is 0. The lowest BCUT2D eigenvalue weighted by molar-refractivity contribution is 0.0471. The van der Waals surface area contributed by atoms with Crippen molar-refractivity contribution in [1.29, 1.82) is 0 Å². The van der Waals surface area contributed by atoms with Crippen molar-refractivity contribution in [2.45, 2.75) is 0 Å². The summed E-state index contributed by atoms with van der Waals surface area (Å²) in [6.45, 7) is -0.463. The van der Waals surface area contributed by atoms with E-state index >= 15 is 0 Å².